The molecule has 0 atom stereocenters. The van der Waals surface area contributed by atoms with Gasteiger partial charge in [0, 0.05) is 10.6 Å². The van der Waals surface area contributed by atoms with Crippen LogP contribution in [0.5, 0.6) is 5.75 Å². The zero-order valence-electron chi connectivity index (χ0n) is 15.5. The SMILES string of the molecule is CCOP(=O)(OCC)C(=NOC(=O)COc1cccc(Cl)c1)c1ccccc1. The van der Waals surface area contributed by atoms with Gasteiger partial charge in [-0.15, -0.1) is 0 Å². The van der Waals surface area contributed by atoms with Crippen molar-refractivity contribution in [3.63, 3.8) is 0 Å². The summed E-state index contributed by atoms with van der Waals surface area (Å²) in [7, 11) is -3.78. The van der Waals surface area contributed by atoms with Crippen LogP contribution < -0.4 is 4.74 Å². The molecule has 0 aromatic heterocycles. The van der Waals surface area contributed by atoms with Gasteiger partial charge in [0.2, 0.25) is 0 Å². The molecule has 0 amide bonds. The Morgan fingerprint density at radius 1 is 1.04 bits per heavy atom. The maximum Gasteiger partial charge on any atom is 0.383 e. The normalized spacial score (nSPS) is 11.9. The summed E-state index contributed by atoms with van der Waals surface area (Å²) >= 11 is 5.86. The molecule has 7 nitrogen and oxygen atoms in total. The van der Waals surface area contributed by atoms with Gasteiger partial charge in [0.15, 0.2) is 12.1 Å². The van der Waals surface area contributed by atoms with Crippen LogP contribution >= 0.6 is 19.2 Å². The van der Waals surface area contributed by atoms with E-state index in [0.29, 0.717) is 16.3 Å². The Morgan fingerprint density at radius 2 is 1.71 bits per heavy atom. The van der Waals surface area contributed by atoms with Gasteiger partial charge in [-0.05, 0) is 32.0 Å². The van der Waals surface area contributed by atoms with Gasteiger partial charge >= 0.3 is 13.6 Å². The smallest absolute Gasteiger partial charge is 0.383 e. The molecule has 0 aliphatic heterocycles. The Bertz CT molecular complexity index is 849. The van der Waals surface area contributed by atoms with Crippen LogP contribution in [0.25, 0.3) is 0 Å². The average molecular weight is 426 g/mol. The third kappa shape index (κ3) is 6.46. The lowest BCUT2D eigenvalue weighted by Crippen LogP contribution is -2.15. The lowest BCUT2D eigenvalue weighted by atomic mass is 10.2. The molecule has 28 heavy (non-hydrogen) atoms. The second kappa shape index (κ2) is 11.0. The highest BCUT2D eigenvalue weighted by molar-refractivity contribution is 7.73. The Labute approximate surface area is 168 Å². The van der Waals surface area contributed by atoms with Crippen molar-refractivity contribution in [2.75, 3.05) is 19.8 Å². The number of hydrogen-bond acceptors (Lipinski definition) is 7. The molecular formula is C19H21ClNO6P. The predicted molar refractivity (Wildman–Crippen MR) is 107 cm³/mol. The van der Waals surface area contributed by atoms with Gasteiger partial charge in [0.05, 0.1) is 13.2 Å². The van der Waals surface area contributed by atoms with Crippen LogP contribution in [0.3, 0.4) is 0 Å². The number of rotatable bonds is 10. The summed E-state index contributed by atoms with van der Waals surface area (Å²) in [6.07, 6.45) is 0. The number of benzene rings is 2. The molecule has 2 aromatic rings. The summed E-state index contributed by atoms with van der Waals surface area (Å²) in [4.78, 5) is 16.9. The van der Waals surface area contributed by atoms with E-state index in [4.69, 9.17) is 30.2 Å². The number of oxime groups is 1. The Morgan fingerprint density at radius 3 is 2.32 bits per heavy atom. The topological polar surface area (TPSA) is 83.4 Å². The van der Waals surface area contributed by atoms with E-state index in [1.165, 1.54) is 0 Å². The zero-order chi connectivity index (χ0) is 20.4. The Kier molecular flexibility index (Phi) is 8.67. The van der Waals surface area contributed by atoms with Gasteiger partial charge in [0.25, 0.3) is 0 Å². The second-order valence-corrected chi connectivity index (χ2v) is 7.69. The molecule has 0 radical (unpaired) electrons. The first-order valence-electron chi connectivity index (χ1n) is 8.59. The van der Waals surface area contributed by atoms with Crippen molar-refractivity contribution in [2.45, 2.75) is 13.8 Å². The lowest BCUT2D eigenvalue weighted by Gasteiger charge is -2.18. The van der Waals surface area contributed by atoms with Crippen molar-refractivity contribution in [1.29, 1.82) is 0 Å². The van der Waals surface area contributed by atoms with Crippen molar-refractivity contribution in [1.82, 2.24) is 0 Å². The van der Waals surface area contributed by atoms with Gasteiger partial charge in [0.1, 0.15) is 5.75 Å². The van der Waals surface area contributed by atoms with Crippen LogP contribution in [0, 0.1) is 0 Å². The molecule has 150 valence electrons. The maximum absolute atomic E-state index is 13.1. The molecule has 0 fully saturated rings. The predicted octanol–water partition coefficient (Wildman–Crippen LogP) is 4.89. The molecule has 2 rings (SSSR count). The van der Waals surface area contributed by atoms with Gasteiger partial charge < -0.3 is 18.6 Å². The average Bonchev–Trinajstić information content (AvgIpc) is 2.68. The minimum atomic E-state index is -3.78. The van der Waals surface area contributed by atoms with Crippen molar-refractivity contribution in [3.8, 4) is 5.75 Å². The van der Waals surface area contributed by atoms with Crippen LogP contribution in [-0.2, 0) is 23.2 Å². The molecular weight excluding hydrogens is 405 g/mol. The Balaban J connectivity index is 2.17. The van der Waals surface area contributed by atoms with E-state index in [2.05, 4.69) is 5.16 Å². The molecule has 0 bridgehead atoms. The van der Waals surface area contributed by atoms with Gasteiger partial charge in [-0.1, -0.05) is 53.2 Å². The minimum absolute atomic E-state index is 0.0899. The third-order valence-electron chi connectivity index (χ3n) is 3.28. The highest BCUT2D eigenvalue weighted by atomic mass is 35.5. The largest absolute Gasteiger partial charge is 0.482 e. The summed E-state index contributed by atoms with van der Waals surface area (Å²) in [5.74, 6) is -0.376. The minimum Gasteiger partial charge on any atom is -0.482 e. The molecule has 0 aliphatic rings. The van der Waals surface area contributed by atoms with Crippen molar-refractivity contribution < 1.29 is 28.0 Å². The molecule has 0 saturated heterocycles. The maximum atomic E-state index is 13.1. The number of ether oxygens (including phenoxy) is 1. The molecule has 0 heterocycles. The summed E-state index contributed by atoms with van der Waals surface area (Å²) in [6.45, 7) is 3.22. The first-order chi connectivity index (χ1) is 13.5. The monoisotopic (exact) mass is 425 g/mol. The fourth-order valence-corrected chi connectivity index (χ4v) is 3.95. The Hall–Kier alpha value is -2.18. The molecule has 2 aromatic carbocycles. The van der Waals surface area contributed by atoms with Crippen LogP contribution in [0.1, 0.15) is 19.4 Å². The van der Waals surface area contributed by atoms with Crippen LogP contribution in [0.4, 0.5) is 0 Å². The fourth-order valence-electron chi connectivity index (χ4n) is 2.17. The number of halogens is 1. The fraction of sp³-hybridized carbons (Fsp3) is 0.263. The van der Waals surface area contributed by atoms with E-state index in [9.17, 15) is 9.36 Å². The lowest BCUT2D eigenvalue weighted by molar-refractivity contribution is -0.145. The molecule has 9 heteroatoms. The van der Waals surface area contributed by atoms with E-state index in [1.54, 1.807) is 68.4 Å². The van der Waals surface area contributed by atoms with E-state index in [1.807, 2.05) is 0 Å². The molecule has 0 aliphatic carbocycles. The molecule has 0 N–H and O–H groups in total. The summed E-state index contributed by atoms with van der Waals surface area (Å²) in [5, 5.41) is 4.26. The van der Waals surface area contributed by atoms with Crippen LogP contribution in [-0.4, -0.2) is 31.2 Å². The number of nitrogens with zero attached hydrogens (tertiary/aromatic N) is 1. The van der Waals surface area contributed by atoms with Gasteiger partial charge in [-0.25, -0.2) is 4.79 Å². The third-order valence-corrected chi connectivity index (χ3v) is 5.57. The second-order valence-electron chi connectivity index (χ2n) is 5.32. The number of hydrogen-bond donors (Lipinski definition) is 0. The van der Waals surface area contributed by atoms with E-state index < -0.39 is 20.2 Å². The summed E-state index contributed by atoms with van der Waals surface area (Å²) < 4.78 is 29.1. The summed E-state index contributed by atoms with van der Waals surface area (Å²) in [6, 6.07) is 15.2. The highest BCUT2D eigenvalue weighted by Gasteiger charge is 2.34. The summed E-state index contributed by atoms with van der Waals surface area (Å²) in [5.41, 5.74) is 0.365. The van der Waals surface area contributed by atoms with E-state index >= 15 is 0 Å². The zero-order valence-corrected chi connectivity index (χ0v) is 17.2. The standard InChI is InChI=1S/C19H21ClNO6P/c1-3-25-28(23,26-4-2)19(15-9-6-5-7-10-15)21-27-18(22)14-24-17-12-8-11-16(20)13-17/h5-13H,3-4,14H2,1-2H3. The van der Waals surface area contributed by atoms with Crippen molar-refractivity contribution in [3.05, 3.63) is 65.2 Å². The molecule has 0 saturated carbocycles. The van der Waals surface area contributed by atoms with Crippen molar-refractivity contribution >= 4 is 30.6 Å². The molecule has 0 spiro atoms. The van der Waals surface area contributed by atoms with Crippen LogP contribution in [0.15, 0.2) is 59.8 Å². The van der Waals surface area contributed by atoms with Gasteiger partial charge in [-0.2, -0.15) is 0 Å². The highest BCUT2D eigenvalue weighted by Crippen LogP contribution is 2.51. The van der Waals surface area contributed by atoms with Crippen LogP contribution in [0.2, 0.25) is 5.02 Å². The number of carbonyl (C=O) groups is 1. The first-order valence-corrected chi connectivity index (χ1v) is 10.5. The van der Waals surface area contributed by atoms with E-state index in [-0.39, 0.29) is 18.7 Å². The number of carbonyl (C=O) groups excluding carboxylic acids is 1. The first kappa shape index (κ1) is 22.1. The molecule has 0 unspecified atom stereocenters. The quantitative estimate of drug-likeness (QED) is 0.233. The van der Waals surface area contributed by atoms with E-state index in [0.717, 1.165) is 0 Å². The van der Waals surface area contributed by atoms with Gasteiger partial charge in [-0.3, -0.25) is 4.57 Å². The van der Waals surface area contributed by atoms with Crippen molar-refractivity contribution in [2.24, 2.45) is 5.16 Å².